The summed E-state index contributed by atoms with van der Waals surface area (Å²) < 4.78 is 27.5. The molecule has 0 bridgehead atoms. The first-order chi connectivity index (χ1) is 7.92. The largest absolute Gasteiger partial charge is 0.396 e. The Labute approximate surface area is 105 Å². The monoisotopic (exact) mass is 279 g/mol. The topological polar surface area (TPSA) is 105 Å². The van der Waals surface area contributed by atoms with Crippen LogP contribution >= 0.6 is 11.5 Å². The third-order valence-corrected chi connectivity index (χ3v) is 5.03. The molecule has 17 heavy (non-hydrogen) atoms. The molecule has 4 N–H and O–H groups in total. The molecule has 1 aromatic heterocycles. The maximum Gasteiger partial charge on any atom is 0.184 e. The summed E-state index contributed by atoms with van der Waals surface area (Å²) in [6.07, 6.45) is 0. The van der Waals surface area contributed by atoms with Crippen molar-refractivity contribution in [3.05, 3.63) is 0 Å². The molecule has 0 radical (unpaired) electrons. The number of nitrogens with zero attached hydrogens (tertiary/aromatic N) is 1. The van der Waals surface area contributed by atoms with Gasteiger partial charge in [0.1, 0.15) is 9.90 Å². The molecule has 1 atom stereocenters. The summed E-state index contributed by atoms with van der Waals surface area (Å²) in [5.74, 6) is 0.0614. The summed E-state index contributed by atoms with van der Waals surface area (Å²) in [5, 5.41) is 12.3. The van der Waals surface area contributed by atoms with Crippen LogP contribution in [-0.2, 0) is 9.84 Å². The molecule has 0 aliphatic heterocycles. The van der Waals surface area contributed by atoms with Crippen molar-refractivity contribution >= 4 is 32.2 Å². The number of nitrogen functional groups attached to an aromatic ring is 1. The lowest BCUT2D eigenvalue weighted by Crippen LogP contribution is -2.16. The lowest BCUT2D eigenvalue weighted by atomic mass is 10.2. The van der Waals surface area contributed by atoms with Crippen LogP contribution in [0.2, 0.25) is 0 Å². The molecule has 0 aliphatic rings. The zero-order chi connectivity index (χ0) is 13.1. The van der Waals surface area contributed by atoms with E-state index in [4.69, 9.17) is 10.8 Å². The molecule has 1 unspecified atom stereocenters. The number of nitrogens with two attached hydrogens (primary N) is 1. The predicted octanol–water partition coefficient (Wildman–Crippen LogP) is 0.559. The molecule has 0 spiro atoms. The third kappa shape index (κ3) is 3.30. The maximum absolute atomic E-state index is 11.8. The molecular weight excluding hydrogens is 262 g/mol. The average Bonchev–Trinajstić information content (AvgIpc) is 2.68. The molecular formula is C9H17N3O3S2. The number of aliphatic hydroxyl groups excluding tert-OH is 1. The molecule has 1 rings (SSSR count). The quantitative estimate of drug-likeness (QED) is 0.702. The Morgan fingerprint density at radius 1 is 1.59 bits per heavy atom. The zero-order valence-corrected chi connectivity index (χ0v) is 11.4. The van der Waals surface area contributed by atoms with Gasteiger partial charge >= 0.3 is 0 Å². The van der Waals surface area contributed by atoms with Gasteiger partial charge in [-0.05, 0) is 17.5 Å². The van der Waals surface area contributed by atoms with Crippen molar-refractivity contribution in [2.45, 2.75) is 18.7 Å². The van der Waals surface area contributed by atoms with Gasteiger partial charge in [-0.15, -0.1) is 0 Å². The Kier molecular flexibility index (Phi) is 4.72. The van der Waals surface area contributed by atoms with E-state index < -0.39 is 9.84 Å². The van der Waals surface area contributed by atoms with Crippen LogP contribution in [0.4, 0.5) is 10.8 Å². The van der Waals surface area contributed by atoms with Crippen LogP contribution in [0.1, 0.15) is 13.8 Å². The summed E-state index contributed by atoms with van der Waals surface area (Å²) in [6, 6.07) is 0. The number of hydrogen-bond donors (Lipinski definition) is 3. The van der Waals surface area contributed by atoms with Crippen LogP contribution in [-0.4, -0.2) is 36.8 Å². The lowest BCUT2D eigenvalue weighted by Gasteiger charge is -2.10. The second-order valence-corrected chi connectivity index (χ2v) is 6.79. The van der Waals surface area contributed by atoms with Crippen molar-refractivity contribution in [1.82, 2.24) is 4.37 Å². The van der Waals surface area contributed by atoms with Crippen molar-refractivity contribution in [3.8, 4) is 0 Å². The summed E-state index contributed by atoms with van der Waals surface area (Å²) in [5.41, 5.74) is 5.57. The highest BCUT2D eigenvalue weighted by Crippen LogP contribution is 2.32. The lowest BCUT2D eigenvalue weighted by molar-refractivity contribution is 0.244. The molecule has 98 valence electrons. The van der Waals surface area contributed by atoms with Gasteiger partial charge in [-0.25, -0.2) is 8.42 Å². The van der Waals surface area contributed by atoms with Crippen LogP contribution in [0.15, 0.2) is 4.90 Å². The van der Waals surface area contributed by atoms with Gasteiger partial charge < -0.3 is 16.2 Å². The van der Waals surface area contributed by atoms with Crippen LogP contribution in [0.5, 0.6) is 0 Å². The molecule has 0 amide bonds. The SMILES string of the molecule is CCS(=O)(=O)c1c(N)nsc1NCC(C)CO. The molecule has 1 heterocycles. The number of nitrogens with one attached hydrogen (secondary N) is 1. The molecule has 6 nitrogen and oxygen atoms in total. The van der Waals surface area contributed by atoms with E-state index in [-0.39, 0.29) is 29.0 Å². The van der Waals surface area contributed by atoms with Gasteiger partial charge in [0.2, 0.25) is 0 Å². The van der Waals surface area contributed by atoms with E-state index in [2.05, 4.69) is 9.69 Å². The van der Waals surface area contributed by atoms with Gasteiger partial charge in [-0.3, -0.25) is 0 Å². The van der Waals surface area contributed by atoms with Crippen molar-refractivity contribution < 1.29 is 13.5 Å². The number of anilines is 2. The summed E-state index contributed by atoms with van der Waals surface area (Å²) in [4.78, 5) is 0.0788. The summed E-state index contributed by atoms with van der Waals surface area (Å²) in [7, 11) is -3.37. The van der Waals surface area contributed by atoms with Gasteiger partial charge in [0, 0.05) is 13.2 Å². The van der Waals surface area contributed by atoms with Crippen molar-refractivity contribution in [3.63, 3.8) is 0 Å². The molecule has 1 aromatic rings. The van der Waals surface area contributed by atoms with E-state index >= 15 is 0 Å². The molecule has 0 aromatic carbocycles. The minimum absolute atomic E-state index is 0.0140. The standard InChI is InChI=1S/C9H17N3O3S2/c1-3-17(14,15)7-8(10)12-16-9(7)11-4-6(2)5-13/h6,11,13H,3-5H2,1-2H3,(H2,10,12). The molecule has 8 heteroatoms. The van der Waals surface area contributed by atoms with E-state index in [9.17, 15) is 8.42 Å². The van der Waals surface area contributed by atoms with Crippen LogP contribution in [0.25, 0.3) is 0 Å². The van der Waals surface area contributed by atoms with Gasteiger partial charge in [0.05, 0.1) is 5.75 Å². The first kappa shape index (κ1) is 14.2. The van der Waals surface area contributed by atoms with Crippen LogP contribution in [0.3, 0.4) is 0 Å². The van der Waals surface area contributed by atoms with Gasteiger partial charge in [-0.1, -0.05) is 13.8 Å². The number of aliphatic hydroxyl groups is 1. The van der Waals surface area contributed by atoms with Gasteiger partial charge in [0.25, 0.3) is 0 Å². The minimum Gasteiger partial charge on any atom is -0.396 e. The van der Waals surface area contributed by atoms with E-state index in [0.29, 0.717) is 11.5 Å². The normalized spacial score (nSPS) is 13.6. The average molecular weight is 279 g/mol. The van der Waals surface area contributed by atoms with E-state index in [1.165, 1.54) is 0 Å². The number of hydrogen-bond acceptors (Lipinski definition) is 7. The van der Waals surface area contributed by atoms with E-state index in [0.717, 1.165) is 11.5 Å². The fourth-order valence-electron chi connectivity index (χ4n) is 1.18. The van der Waals surface area contributed by atoms with Gasteiger partial charge in [-0.2, -0.15) is 4.37 Å². The summed E-state index contributed by atoms with van der Waals surface area (Å²) >= 11 is 1.02. The number of rotatable bonds is 6. The second-order valence-electron chi connectivity index (χ2n) is 3.80. The number of sulfone groups is 1. The smallest absolute Gasteiger partial charge is 0.184 e. The van der Waals surface area contributed by atoms with Crippen LogP contribution in [0, 0.1) is 5.92 Å². The van der Waals surface area contributed by atoms with Crippen molar-refractivity contribution in [2.24, 2.45) is 5.92 Å². The summed E-state index contributed by atoms with van der Waals surface area (Å²) in [6.45, 7) is 3.93. The Hall–Kier alpha value is -0.860. The fraction of sp³-hybridized carbons (Fsp3) is 0.667. The second kappa shape index (κ2) is 5.65. The fourth-order valence-corrected chi connectivity index (χ4v) is 3.36. The predicted molar refractivity (Wildman–Crippen MR) is 69.0 cm³/mol. The molecule has 0 saturated carbocycles. The third-order valence-electron chi connectivity index (χ3n) is 2.29. The van der Waals surface area contributed by atoms with Gasteiger partial charge in [0.15, 0.2) is 15.7 Å². The van der Waals surface area contributed by atoms with E-state index in [1.54, 1.807) is 6.92 Å². The van der Waals surface area contributed by atoms with Crippen molar-refractivity contribution in [1.29, 1.82) is 0 Å². The maximum atomic E-state index is 11.8. The highest BCUT2D eigenvalue weighted by molar-refractivity contribution is 7.91. The molecule has 0 aliphatic carbocycles. The molecule has 0 saturated heterocycles. The Morgan fingerprint density at radius 3 is 2.76 bits per heavy atom. The Bertz CT molecular complexity index is 470. The number of aromatic nitrogens is 1. The highest BCUT2D eigenvalue weighted by atomic mass is 32.2. The zero-order valence-electron chi connectivity index (χ0n) is 9.80. The minimum atomic E-state index is -3.37. The van der Waals surface area contributed by atoms with Crippen molar-refractivity contribution in [2.75, 3.05) is 30.0 Å². The highest BCUT2D eigenvalue weighted by Gasteiger charge is 2.23. The Morgan fingerprint density at radius 2 is 2.24 bits per heavy atom. The first-order valence-corrected chi connectivity index (χ1v) is 7.67. The molecule has 0 fully saturated rings. The van der Waals surface area contributed by atoms with E-state index in [1.807, 2.05) is 6.92 Å². The van der Waals surface area contributed by atoms with Crippen LogP contribution < -0.4 is 11.1 Å². The first-order valence-electron chi connectivity index (χ1n) is 5.25. The Balaban J connectivity index is 2.95.